The highest BCUT2D eigenvalue weighted by molar-refractivity contribution is 5.24. The van der Waals surface area contributed by atoms with Crippen LogP contribution in [0.25, 0.3) is 0 Å². The molecule has 0 spiro atoms. The molecule has 1 unspecified atom stereocenters. The fourth-order valence-corrected chi connectivity index (χ4v) is 2.05. The van der Waals surface area contributed by atoms with Gasteiger partial charge >= 0.3 is 0 Å². The van der Waals surface area contributed by atoms with E-state index in [4.69, 9.17) is 5.11 Å². The number of nitrogens with zero attached hydrogens (tertiary/aromatic N) is 2. The number of rotatable bonds is 6. The maximum atomic E-state index is 9.09. The van der Waals surface area contributed by atoms with E-state index in [1.165, 1.54) is 24.1 Å². The standard InChI is InChI=1S/C13H23N3O/c1-9(8-17)7-16-11(3)13(10(2)15-16)6-14-12-4-5-12/h9,12,14,17H,4-8H2,1-3H3. The zero-order valence-electron chi connectivity index (χ0n) is 11.0. The van der Waals surface area contributed by atoms with E-state index in [1.807, 2.05) is 11.6 Å². The van der Waals surface area contributed by atoms with Crippen LogP contribution in [0.5, 0.6) is 0 Å². The number of aryl methyl sites for hydroxylation is 1. The molecule has 17 heavy (non-hydrogen) atoms. The first-order valence-electron chi connectivity index (χ1n) is 6.49. The van der Waals surface area contributed by atoms with E-state index in [0.29, 0.717) is 0 Å². The molecule has 0 bridgehead atoms. The average molecular weight is 237 g/mol. The van der Waals surface area contributed by atoms with Crippen LogP contribution in [-0.4, -0.2) is 27.5 Å². The van der Waals surface area contributed by atoms with Crippen LogP contribution in [0.4, 0.5) is 0 Å². The van der Waals surface area contributed by atoms with Crippen LogP contribution >= 0.6 is 0 Å². The molecular formula is C13H23N3O. The van der Waals surface area contributed by atoms with Crippen molar-refractivity contribution in [1.29, 1.82) is 0 Å². The molecule has 0 amide bonds. The first kappa shape index (κ1) is 12.6. The van der Waals surface area contributed by atoms with Gasteiger partial charge in [0, 0.05) is 37.0 Å². The highest BCUT2D eigenvalue weighted by Gasteiger charge is 2.21. The summed E-state index contributed by atoms with van der Waals surface area (Å²) >= 11 is 0. The summed E-state index contributed by atoms with van der Waals surface area (Å²) in [5.74, 6) is 0.261. The van der Waals surface area contributed by atoms with Crippen molar-refractivity contribution in [3.8, 4) is 0 Å². The summed E-state index contributed by atoms with van der Waals surface area (Å²) in [7, 11) is 0. The summed E-state index contributed by atoms with van der Waals surface area (Å²) in [6.07, 6.45) is 2.63. The monoisotopic (exact) mass is 237 g/mol. The second kappa shape index (κ2) is 5.19. The Balaban J connectivity index is 2.04. The Morgan fingerprint density at radius 1 is 1.47 bits per heavy atom. The molecule has 0 aliphatic heterocycles. The maximum Gasteiger partial charge on any atom is 0.0641 e. The van der Waals surface area contributed by atoms with Gasteiger partial charge in [0.1, 0.15) is 0 Å². The molecule has 0 radical (unpaired) electrons. The van der Waals surface area contributed by atoms with Crippen LogP contribution in [0, 0.1) is 19.8 Å². The lowest BCUT2D eigenvalue weighted by molar-refractivity contribution is 0.218. The van der Waals surface area contributed by atoms with Crippen LogP contribution in [0.1, 0.15) is 36.7 Å². The van der Waals surface area contributed by atoms with Crippen LogP contribution in [-0.2, 0) is 13.1 Å². The molecule has 0 aromatic carbocycles. The molecular weight excluding hydrogens is 214 g/mol. The predicted molar refractivity (Wildman–Crippen MR) is 67.8 cm³/mol. The van der Waals surface area contributed by atoms with Gasteiger partial charge in [0.05, 0.1) is 5.69 Å². The lowest BCUT2D eigenvalue weighted by atomic mass is 10.2. The number of hydrogen-bond donors (Lipinski definition) is 2. The summed E-state index contributed by atoms with van der Waals surface area (Å²) in [5, 5.41) is 17.2. The fraction of sp³-hybridized carbons (Fsp3) is 0.769. The van der Waals surface area contributed by atoms with E-state index in [1.54, 1.807) is 0 Å². The second-order valence-corrected chi connectivity index (χ2v) is 5.27. The summed E-state index contributed by atoms with van der Waals surface area (Å²) in [5.41, 5.74) is 3.67. The van der Waals surface area contributed by atoms with Gasteiger partial charge in [-0.15, -0.1) is 0 Å². The third kappa shape index (κ3) is 3.07. The largest absolute Gasteiger partial charge is 0.396 e. The van der Waals surface area contributed by atoms with Crippen molar-refractivity contribution in [1.82, 2.24) is 15.1 Å². The fourth-order valence-electron chi connectivity index (χ4n) is 2.05. The van der Waals surface area contributed by atoms with Gasteiger partial charge in [0.2, 0.25) is 0 Å². The van der Waals surface area contributed by atoms with E-state index in [2.05, 4.69) is 24.3 Å². The van der Waals surface area contributed by atoms with E-state index in [-0.39, 0.29) is 12.5 Å². The molecule has 1 fully saturated rings. The van der Waals surface area contributed by atoms with E-state index >= 15 is 0 Å². The van der Waals surface area contributed by atoms with Gasteiger partial charge in [-0.2, -0.15) is 5.10 Å². The van der Waals surface area contributed by atoms with Crippen molar-refractivity contribution in [2.75, 3.05) is 6.61 Å². The van der Waals surface area contributed by atoms with Crippen LogP contribution in [0.15, 0.2) is 0 Å². The molecule has 2 N–H and O–H groups in total. The normalized spacial score (nSPS) is 17.4. The van der Waals surface area contributed by atoms with Gasteiger partial charge in [0.15, 0.2) is 0 Å². The quantitative estimate of drug-likeness (QED) is 0.786. The molecule has 0 saturated heterocycles. The van der Waals surface area contributed by atoms with Gasteiger partial charge < -0.3 is 10.4 Å². The minimum atomic E-state index is 0.216. The van der Waals surface area contributed by atoms with Crippen LogP contribution in [0.2, 0.25) is 0 Å². The van der Waals surface area contributed by atoms with Crippen molar-refractivity contribution in [3.05, 3.63) is 17.0 Å². The second-order valence-electron chi connectivity index (χ2n) is 5.27. The van der Waals surface area contributed by atoms with E-state index in [9.17, 15) is 0 Å². The van der Waals surface area contributed by atoms with Gasteiger partial charge in [-0.3, -0.25) is 4.68 Å². The first-order valence-corrected chi connectivity index (χ1v) is 6.49. The third-order valence-corrected chi connectivity index (χ3v) is 3.47. The zero-order chi connectivity index (χ0) is 12.4. The Hall–Kier alpha value is -0.870. The van der Waals surface area contributed by atoms with Crippen molar-refractivity contribution < 1.29 is 5.11 Å². The minimum Gasteiger partial charge on any atom is -0.396 e. The summed E-state index contributed by atoms with van der Waals surface area (Å²) in [6.45, 7) is 8.17. The molecule has 96 valence electrons. The molecule has 1 atom stereocenters. The molecule has 1 aromatic rings. The van der Waals surface area contributed by atoms with E-state index in [0.717, 1.165) is 24.8 Å². The molecule has 1 heterocycles. The van der Waals surface area contributed by atoms with Gasteiger partial charge in [-0.25, -0.2) is 0 Å². The summed E-state index contributed by atoms with van der Waals surface area (Å²) in [4.78, 5) is 0. The zero-order valence-corrected chi connectivity index (χ0v) is 11.0. The molecule has 2 rings (SSSR count). The Labute approximate surface area is 103 Å². The highest BCUT2D eigenvalue weighted by Crippen LogP contribution is 2.21. The maximum absolute atomic E-state index is 9.09. The summed E-state index contributed by atoms with van der Waals surface area (Å²) < 4.78 is 2.03. The number of aliphatic hydroxyl groups is 1. The summed E-state index contributed by atoms with van der Waals surface area (Å²) in [6, 6.07) is 0.730. The van der Waals surface area contributed by atoms with Crippen molar-refractivity contribution in [3.63, 3.8) is 0 Å². The van der Waals surface area contributed by atoms with Crippen molar-refractivity contribution in [2.24, 2.45) is 5.92 Å². The molecule has 4 heteroatoms. The Morgan fingerprint density at radius 2 is 2.18 bits per heavy atom. The van der Waals surface area contributed by atoms with Gasteiger partial charge in [-0.05, 0) is 32.6 Å². The van der Waals surface area contributed by atoms with Gasteiger partial charge in [0.25, 0.3) is 0 Å². The molecule has 1 aliphatic carbocycles. The molecule has 1 saturated carbocycles. The Morgan fingerprint density at radius 3 is 2.76 bits per heavy atom. The minimum absolute atomic E-state index is 0.216. The van der Waals surface area contributed by atoms with E-state index < -0.39 is 0 Å². The smallest absolute Gasteiger partial charge is 0.0641 e. The van der Waals surface area contributed by atoms with Crippen LogP contribution < -0.4 is 5.32 Å². The van der Waals surface area contributed by atoms with Crippen molar-refractivity contribution in [2.45, 2.75) is 52.7 Å². The lowest BCUT2D eigenvalue weighted by Gasteiger charge is -2.10. The SMILES string of the molecule is Cc1nn(CC(C)CO)c(C)c1CNC1CC1. The number of hydrogen-bond acceptors (Lipinski definition) is 3. The molecule has 1 aromatic heterocycles. The molecule has 4 nitrogen and oxygen atoms in total. The third-order valence-electron chi connectivity index (χ3n) is 3.47. The average Bonchev–Trinajstić information content (AvgIpc) is 3.07. The predicted octanol–water partition coefficient (Wildman–Crippen LogP) is 1.38. The van der Waals surface area contributed by atoms with Crippen LogP contribution in [0.3, 0.4) is 0 Å². The Kier molecular flexibility index (Phi) is 3.84. The topological polar surface area (TPSA) is 50.1 Å². The highest BCUT2D eigenvalue weighted by atomic mass is 16.3. The first-order chi connectivity index (χ1) is 8.11. The van der Waals surface area contributed by atoms with Gasteiger partial charge in [-0.1, -0.05) is 6.92 Å². The molecule has 1 aliphatic rings. The van der Waals surface area contributed by atoms with Crippen molar-refractivity contribution >= 4 is 0 Å². The number of aliphatic hydroxyl groups excluding tert-OH is 1. The Bertz CT molecular complexity index is 382. The number of nitrogens with one attached hydrogen (secondary N) is 1. The number of aromatic nitrogens is 2. The lowest BCUT2D eigenvalue weighted by Crippen LogP contribution is -2.17.